The summed E-state index contributed by atoms with van der Waals surface area (Å²) in [6.45, 7) is 1.36. The number of rotatable bonds is 4. The average Bonchev–Trinajstić information content (AvgIpc) is 2.92. The molecule has 0 N–H and O–H groups in total. The lowest BCUT2D eigenvalue weighted by Crippen LogP contribution is -2.07. The highest BCUT2D eigenvalue weighted by Crippen LogP contribution is 2.19. The number of benzene rings is 2. The minimum Gasteiger partial charge on any atom is -0.492 e. The van der Waals surface area contributed by atoms with Crippen molar-refractivity contribution in [1.82, 2.24) is 4.57 Å². The Kier molecular flexibility index (Phi) is 3.38. The molecule has 3 heteroatoms. The Labute approximate surface area is 117 Å². The van der Waals surface area contributed by atoms with Gasteiger partial charge in [0.2, 0.25) is 0 Å². The number of nitrogens with zero attached hydrogens (tertiary/aromatic N) is 2. The summed E-state index contributed by atoms with van der Waals surface area (Å²) in [7, 11) is 0. The second kappa shape index (κ2) is 5.50. The summed E-state index contributed by atoms with van der Waals surface area (Å²) >= 11 is 0. The molecule has 0 saturated carbocycles. The Morgan fingerprint density at radius 3 is 2.65 bits per heavy atom. The molecular formula is C17H14N2O. The van der Waals surface area contributed by atoms with Gasteiger partial charge in [0, 0.05) is 17.1 Å². The van der Waals surface area contributed by atoms with Crippen LogP contribution in [0.1, 0.15) is 5.56 Å². The third-order valence-corrected chi connectivity index (χ3v) is 3.28. The molecule has 3 rings (SSSR count). The van der Waals surface area contributed by atoms with Crippen molar-refractivity contribution >= 4 is 10.9 Å². The van der Waals surface area contributed by atoms with E-state index in [4.69, 9.17) is 10.00 Å². The van der Waals surface area contributed by atoms with Gasteiger partial charge in [0.1, 0.15) is 12.4 Å². The Balaban J connectivity index is 1.74. The van der Waals surface area contributed by atoms with E-state index < -0.39 is 0 Å². The van der Waals surface area contributed by atoms with Crippen LogP contribution in [-0.4, -0.2) is 11.2 Å². The van der Waals surface area contributed by atoms with Crippen molar-refractivity contribution in [2.75, 3.05) is 6.61 Å². The molecule has 0 bridgehead atoms. The zero-order valence-corrected chi connectivity index (χ0v) is 11.0. The number of hydrogen-bond acceptors (Lipinski definition) is 2. The molecule has 0 radical (unpaired) electrons. The van der Waals surface area contributed by atoms with E-state index in [0.29, 0.717) is 12.2 Å². The first-order chi connectivity index (χ1) is 9.88. The first-order valence-electron chi connectivity index (χ1n) is 6.54. The second-order valence-corrected chi connectivity index (χ2v) is 4.52. The largest absolute Gasteiger partial charge is 0.492 e. The van der Waals surface area contributed by atoms with Gasteiger partial charge in [-0.3, -0.25) is 0 Å². The van der Waals surface area contributed by atoms with Gasteiger partial charge in [-0.15, -0.1) is 0 Å². The molecule has 20 heavy (non-hydrogen) atoms. The molecule has 0 fully saturated rings. The van der Waals surface area contributed by atoms with E-state index in [1.165, 1.54) is 0 Å². The van der Waals surface area contributed by atoms with Crippen molar-refractivity contribution in [2.24, 2.45) is 0 Å². The van der Waals surface area contributed by atoms with Gasteiger partial charge in [-0.25, -0.2) is 0 Å². The van der Waals surface area contributed by atoms with E-state index in [9.17, 15) is 0 Å². The molecule has 0 aliphatic carbocycles. The normalized spacial score (nSPS) is 10.3. The highest BCUT2D eigenvalue weighted by molar-refractivity contribution is 5.85. The van der Waals surface area contributed by atoms with Gasteiger partial charge in [-0.1, -0.05) is 24.3 Å². The molecule has 98 valence electrons. The molecule has 0 amide bonds. The fraction of sp³-hybridized carbons (Fsp3) is 0.118. The topological polar surface area (TPSA) is 38.0 Å². The minimum atomic E-state index is 0.602. The van der Waals surface area contributed by atoms with Crippen LogP contribution in [-0.2, 0) is 6.54 Å². The number of ether oxygens (including phenoxy) is 1. The number of hydrogen-bond donors (Lipinski definition) is 0. The lowest BCUT2D eigenvalue weighted by atomic mass is 10.1. The Morgan fingerprint density at radius 2 is 1.85 bits per heavy atom. The van der Waals surface area contributed by atoms with Crippen LogP contribution in [0.15, 0.2) is 60.8 Å². The number of fused-ring (bicyclic) bond motifs is 1. The number of nitriles is 1. The Bertz CT molecular complexity index is 754. The van der Waals surface area contributed by atoms with E-state index in [-0.39, 0.29) is 0 Å². The standard InChI is InChI=1S/C17H14N2O/c18-13-14-5-4-8-17-16(14)9-10-19(17)11-12-20-15-6-2-1-3-7-15/h1-10H,11-12H2. The molecule has 1 aromatic heterocycles. The number of para-hydroxylation sites is 1. The molecule has 0 spiro atoms. The first-order valence-corrected chi connectivity index (χ1v) is 6.54. The van der Waals surface area contributed by atoms with Crippen LogP contribution in [0.5, 0.6) is 5.75 Å². The maximum atomic E-state index is 9.09. The summed E-state index contributed by atoms with van der Waals surface area (Å²) in [5.41, 5.74) is 1.78. The third kappa shape index (κ3) is 2.36. The van der Waals surface area contributed by atoms with E-state index in [2.05, 4.69) is 10.6 Å². The summed E-state index contributed by atoms with van der Waals surface area (Å²) in [4.78, 5) is 0. The Hall–Kier alpha value is -2.73. The quantitative estimate of drug-likeness (QED) is 0.720. The van der Waals surface area contributed by atoms with Crippen LogP contribution in [0, 0.1) is 11.3 Å². The highest BCUT2D eigenvalue weighted by atomic mass is 16.5. The van der Waals surface area contributed by atoms with Crippen LogP contribution in [0.25, 0.3) is 10.9 Å². The lowest BCUT2D eigenvalue weighted by molar-refractivity contribution is 0.300. The zero-order valence-electron chi connectivity index (χ0n) is 11.0. The van der Waals surface area contributed by atoms with Crippen LogP contribution in [0.2, 0.25) is 0 Å². The van der Waals surface area contributed by atoms with Crippen molar-refractivity contribution < 1.29 is 4.74 Å². The van der Waals surface area contributed by atoms with Crippen molar-refractivity contribution in [3.05, 3.63) is 66.4 Å². The fourth-order valence-corrected chi connectivity index (χ4v) is 2.29. The predicted octanol–water partition coefficient (Wildman–Crippen LogP) is 3.59. The van der Waals surface area contributed by atoms with E-state index >= 15 is 0 Å². The van der Waals surface area contributed by atoms with Crippen molar-refractivity contribution in [3.63, 3.8) is 0 Å². The number of aromatic nitrogens is 1. The molecule has 1 heterocycles. The van der Waals surface area contributed by atoms with Gasteiger partial charge in [0.25, 0.3) is 0 Å². The summed E-state index contributed by atoms with van der Waals surface area (Å²) in [6, 6.07) is 19.8. The van der Waals surface area contributed by atoms with Crippen LogP contribution in [0.4, 0.5) is 0 Å². The van der Waals surface area contributed by atoms with E-state index in [0.717, 1.165) is 23.2 Å². The van der Waals surface area contributed by atoms with Gasteiger partial charge < -0.3 is 9.30 Å². The van der Waals surface area contributed by atoms with Gasteiger partial charge in [-0.05, 0) is 30.3 Å². The zero-order chi connectivity index (χ0) is 13.8. The van der Waals surface area contributed by atoms with Gasteiger partial charge >= 0.3 is 0 Å². The van der Waals surface area contributed by atoms with Crippen molar-refractivity contribution in [3.8, 4) is 11.8 Å². The van der Waals surface area contributed by atoms with Crippen molar-refractivity contribution in [1.29, 1.82) is 5.26 Å². The second-order valence-electron chi connectivity index (χ2n) is 4.52. The molecule has 0 aliphatic heterocycles. The molecule has 0 saturated heterocycles. The summed E-state index contributed by atoms with van der Waals surface area (Å²) in [6.07, 6.45) is 2.00. The summed E-state index contributed by atoms with van der Waals surface area (Å²) < 4.78 is 7.81. The molecule has 3 aromatic rings. The molecule has 0 unspecified atom stereocenters. The van der Waals surface area contributed by atoms with Crippen molar-refractivity contribution in [2.45, 2.75) is 6.54 Å². The summed E-state index contributed by atoms with van der Waals surface area (Å²) in [5, 5.41) is 10.1. The molecule has 3 nitrogen and oxygen atoms in total. The van der Waals surface area contributed by atoms with Crippen LogP contribution in [0.3, 0.4) is 0 Å². The fourth-order valence-electron chi connectivity index (χ4n) is 2.29. The van der Waals surface area contributed by atoms with Crippen LogP contribution >= 0.6 is 0 Å². The molecular weight excluding hydrogens is 248 g/mol. The van der Waals surface area contributed by atoms with E-state index in [1.54, 1.807) is 0 Å². The van der Waals surface area contributed by atoms with E-state index in [1.807, 2.05) is 60.8 Å². The predicted molar refractivity (Wildman–Crippen MR) is 78.6 cm³/mol. The molecule has 2 aromatic carbocycles. The van der Waals surface area contributed by atoms with Crippen LogP contribution < -0.4 is 4.74 Å². The van der Waals surface area contributed by atoms with Gasteiger partial charge in [-0.2, -0.15) is 5.26 Å². The first kappa shape index (κ1) is 12.3. The monoisotopic (exact) mass is 262 g/mol. The highest BCUT2D eigenvalue weighted by Gasteiger charge is 2.04. The summed E-state index contributed by atoms with van der Waals surface area (Å²) in [5.74, 6) is 0.877. The maximum Gasteiger partial charge on any atom is 0.119 e. The minimum absolute atomic E-state index is 0.602. The maximum absolute atomic E-state index is 9.09. The van der Waals surface area contributed by atoms with Gasteiger partial charge in [0.15, 0.2) is 0 Å². The smallest absolute Gasteiger partial charge is 0.119 e. The Morgan fingerprint density at radius 1 is 1.00 bits per heavy atom. The molecule has 0 aliphatic rings. The average molecular weight is 262 g/mol. The third-order valence-electron chi connectivity index (χ3n) is 3.28. The SMILES string of the molecule is N#Cc1cccc2c1ccn2CCOc1ccccc1. The molecule has 0 atom stereocenters. The lowest BCUT2D eigenvalue weighted by Gasteiger charge is -2.08. The van der Waals surface area contributed by atoms with Gasteiger partial charge in [0.05, 0.1) is 18.2 Å².